The average molecular weight is 230 g/mol. The molecule has 0 saturated carbocycles. The Morgan fingerprint density at radius 3 is 2.69 bits per heavy atom. The standard InChI is InChI=1S/C11H22N2O3/c1-4-13(5-2)11(14)15-8-10-7-12-6-9(3)16-10/h9-10,12H,4-8H2,1-3H3. The molecule has 1 saturated heterocycles. The molecule has 0 spiro atoms. The third-order valence-electron chi connectivity index (χ3n) is 2.64. The number of ether oxygens (including phenoxy) is 2. The number of hydrogen-bond acceptors (Lipinski definition) is 4. The molecule has 0 radical (unpaired) electrons. The van der Waals surface area contributed by atoms with Crippen LogP contribution >= 0.6 is 0 Å². The van der Waals surface area contributed by atoms with E-state index in [9.17, 15) is 4.79 Å². The molecule has 2 atom stereocenters. The predicted octanol–water partition coefficient (Wildman–Crippen LogP) is 0.842. The molecule has 1 amide bonds. The summed E-state index contributed by atoms with van der Waals surface area (Å²) in [6, 6.07) is 0. The molecule has 1 heterocycles. The van der Waals surface area contributed by atoms with Crippen LogP contribution in [-0.4, -0.2) is 56.0 Å². The lowest BCUT2D eigenvalue weighted by molar-refractivity contribution is -0.0579. The Labute approximate surface area is 97.1 Å². The number of hydrogen-bond donors (Lipinski definition) is 1. The van der Waals surface area contributed by atoms with Crippen molar-refractivity contribution in [3.8, 4) is 0 Å². The maximum absolute atomic E-state index is 11.6. The molecule has 1 fully saturated rings. The zero-order valence-corrected chi connectivity index (χ0v) is 10.4. The van der Waals surface area contributed by atoms with E-state index in [1.54, 1.807) is 4.90 Å². The zero-order valence-electron chi connectivity index (χ0n) is 10.4. The van der Waals surface area contributed by atoms with E-state index < -0.39 is 0 Å². The van der Waals surface area contributed by atoms with Gasteiger partial charge in [-0.2, -0.15) is 0 Å². The van der Waals surface area contributed by atoms with Crippen LogP contribution < -0.4 is 5.32 Å². The van der Waals surface area contributed by atoms with Crippen LogP contribution in [0.1, 0.15) is 20.8 Å². The van der Waals surface area contributed by atoms with Crippen LogP contribution in [-0.2, 0) is 9.47 Å². The monoisotopic (exact) mass is 230 g/mol. The van der Waals surface area contributed by atoms with Crippen molar-refractivity contribution in [1.82, 2.24) is 10.2 Å². The largest absolute Gasteiger partial charge is 0.447 e. The lowest BCUT2D eigenvalue weighted by atomic mass is 10.2. The highest BCUT2D eigenvalue weighted by molar-refractivity contribution is 5.67. The van der Waals surface area contributed by atoms with E-state index in [4.69, 9.17) is 9.47 Å². The predicted molar refractivity (Wildman–Crippen MR) is 61.5 cm³/mol. The van der Waals surface area contributed by atoms with Crippen LogP contribution in [0.25, 0.3) is 0 Å². The summed E-state index contributed by atoms with van der Waals surface area (Å²) in [5.41, 5.74) is 0. The van der Waals surface area contributed by atoms with E-state index >= 15 is 0 Å². The lowest BCUT2D eigenvalue weighted by Crippen LogP contribution is -2.46. The Balaban J connectivity index is 2.25. The average Bonchev–Trinajstić information content (AvgIpc) is 2.28. The number of amides is 1. The summed E-state index contributed by atoms with van der Waals surface area (Å²) in [4.78, 5) is 13.2. The van der Waals surface area contributed by atoms with Gasteiger partial charge in [-0.3, -0.25) is 0 Å². The van der Waals surface area contributed by atoms with Gasteiger partial charge in [-0.1, -0.05) is 0 Å². The first-order valence-corrected chi connectivity index (χ1v) is 5.95. The highest BCUT2D eigenvalue weighted by Crippen LogP contribution is 2.04. The van der Waals surface area contributed by atoms with Gasteiger partial charge < -0.3 is 19.7 Å². The van der Waals surface area contributed by atoms with Gasteiger partial charge in [0.15, 0.2) is 0 Å². The minimum atomic E-state index is -0.258. The van der Waals surface area contributed by atoms with Gasteiger partial charge in [0.25, 0.3) is 0 Å². The van der Waals surface area contributed by atoms with E-state index in [-0.39, 0.29) is 18.3 Å². The van der Waals surface area contributed by atoms with Gasteiger partial charge in [0, 0.05) is 26.2 Å². The number of rotatable bonds is 4. The fourth-order valence-corrected chi connectivity index (χ4v) is 1.71. The van der Waals surface area contributed by atoms with Crippen LogP contribution in [0.3, 0.4) is 0 Å². The Morgan fingerprint density at radius 2 is 2.12 bits per heavy atom. The fraction of sp³-hybridized carbons (Fsp3) is 0.909. The number of carbonyl (C=O) groups excluding carboxylic acids is 1. The Hall–Kier alpha value is -0.810. The normalized spacial score (nSPS) is 25.2. The summed E-state index contributed by atoms with van der Waals surface area (Å²) in [5, 5.41) is 3.24. The third kappa shape index (κ3) is 3.98. The summed E-state index contributed by atoms with van der Waals surface area (Å²) in [7, 11) is 0. The second-order valence-corrected chi connectivity index (χ2v) is 3.98. The van der Waals surface area contributed by atoms with Gasteiger partial charge in [0.05, 0.1) is 6.10 Å². The summed E-state index contributed by atoms with van der Waals surface area (Å²) >= 11 is 0. The minimum Gasteiger partial charge on any atom is -0.447 e. The van der Waals surface area contributed by atoms with Crippen molar-refractivity contribution < 1.29 is 14.3 Å². The number of nitrogens with one attached hydrogen (secondary N) is 1. The molecule has 1 aliphatic rings. The first kappa shape index (κ1) is 13.3. The van der Waals surface area contributed by atoms with Crippen LogP contribution in [0.2, 0.25) is 0 Å². The van der Waals surface area contributed by atoms with Gasteiger partial charge in [-0.25, -0.2) is 4.79 Å². The van der Waals surface area contributed by atoms with Crippen LogP contribution in [0.4, 0.5) is 4.79 Å². The molecule has 0 aromatic carbocycles. The number of nitrogens with zero attached hydrogens (tertiary/aromatic N) is 1. The topological polar surface area (TPSA) is 50.8 Å². The molecule has 5 nitrogen and oxygen atoms in total. The molecule has 16 heavy (non-hydrogen) atoms. The maximum atomic E-state index is 11.6. The van der Waals surface area contributed by atoms with E-state index in [2.05, 4.69) is 5.32 Å². The smallest absolute Gasteiger partial charge is 0.409 e. The molecule has 0 bridgehead atoms. The second kappa shape index (κ2) is 6.70. The van der Waals surface area contributed by atoms with E-state index in [0.29, 0.717) is 19.7 Å². The van der Waals surface area contributed by atoms with E-state index in [0.717, 1.165) is 13.1 Å². The molecule has 5 heteroatoms. The third-order valence-corrected chi connectivity index (χ3v) is 2.64. The van der Waals surface area contributed by atoms with Gasteiger partial charge >= 0.3 is 6.09 Å². The first-order valence-electron chi connectivity index (χ1n) is 5.95. The highest BCUT2D eigenvalue weighted by atomic mass is 16.6. The summed E-state index contributed by atoms with van der Waals surface area (Å²) in [6.07, 6.45) is -0.0963. The van der Waals surface area contributed by atoms with E-state index in [1.165, 1.54) is 0 Å². The Kier molecular flexibility index (Phi) is 5.55. The van der Waals surface area contributed by atoms with Crippen molar-refractivity contribution >= 4 is 6.09 Å². The van der Waals surface area contributed by atoms with Gasteiger partial charge in [0.1, 0.15) is 12.7 Å². The molecular formula is C11H22N2O3. The fourth-order valence-electron chi connectivity index (χ4n) is 1.71. The minimum absolute atomic E-state index is 0.0248. The Bertz CT molecular complexity index is 219. The first-order chi connectivity index (χ1) is 7.67. The van der Waals surface area contributed by atoms with Crippen molar-refractivity contribution in [3.63, 3.8) is 0 Å². The van der Waals surface area contributed by atoms with Crippen molar-refractivity contribution in [2.75, 3.05) is 32.8 Å². The van der Waals surface area contributed by atoms with Crippen molar-refractivity contribution in [2.24, 2.45) is 0 Å². The van der Waals surface area contributed by atoms with Gasteiger partial charge in [-0.15, -0.1) is 0 Å². The van der Waals surface area contributed by atoms with Gasteiger partial charge in [0.2, 0.25) is 0 Å². The molecular weight excluding hydrogens is 208 g/mol. The molecule has 94 valence electrons. The summed E-state index contributed by atoms with van der Waals surface area (Å²) < 4.78 is 10.8. The maximum Gasteiger partial charge on any atom is 0.409 e. The zero-order chi connectivity index (χ0) is 12.0. The molecule has 0 aromatic heterocycles. The van der Waals surface area contributed by atoms with E-state index in [1.807, 2.05) is 20.8 Å². The van der Waals surface area contributed by atoms with Crippen LogP contribution in [0.5, 0.6) is 0 Å². The Morgan fingerprint density at radius 1 is 1.44 bits per heavy atom. The van der Waals surface area contributed by atoms with Crippen molar-refractivity contribution in [3.05, 3.63) is 0 Å². The molecule has 2 unspecified atom stereocenters. The molecule has 1 N–H and O–H groups in total. The molecule has 1 aliphatic heterocycles. The number of morpholine rings is 1. The molecule has 0 aromatic rings. The van der Waals surface area contributed by atoms with Crippen LogP contribution in [0.15, 0.2) is 0 Å². The highest BCUT2D eigenvalue weighted by Gasteiger charge is 2.21. The quantitative estimate of drug-likeness (QED) is 0.777. The summed E-state index contributed by atoms with van der Waals surface area (Å²) in [5.74, 6) is 0. The lowest BCUT2D eigenvalue weighted by Gasteiger charge is -2.29. The van der Waals surface area contributed by atoms with Crippen molar-refractivity contribution in [2.45, 2.75) is 33.0 Å². The van der Waals surface area contributed by atoms with Crippen molar-refractivity contribution in [1.29, 1.82) is 0 Å². The van der Waals surface area contributed by atoms with Gasteiger partial charge in [-0.05, 0) is 20.8 Å². The molecule has 0 aliphatic carbocycles. The van der Waals surface area contributed by atoms with Crippen LogP contribution in [0, 0.1) is 0 Å². The second-order valence-electron chi connectivity index (χ2n) is 3.98. The summed E-state index contributed by atoms with van der Waals surface area (Å²) in [6.45, 7) is 9.16. The number of carbonyl (C=O) groups is 1. The SMILES string of the molecule is CCN(CC)C(=O)OCC1CNCC(C)O1. The molecule has 1 rings (SSSR count).